The minimum absolute atomic E-state index is 0.103. The second kappa shape index (κ2) is 5.78. The van der Waals surface area contributed by atoms with Crippen LogP contribution in [0.4, 0.5) is 14.7 Å². The summed E-state index contributed by atoms with van der Waals surface area (Å²) in [4.78, 5) is 19.5. The standard InChI is InChI=1S/C18H11F2N5O3/c19-18(20)27-14-8-12-13(9-15(14)28-18)23-17(22-12)24-16(26)10-2-4-11(5-3-10)25-7-1-6-21-25/h1-9H,(H2,22,23,24,26). The number of rotatable bonds is 3. The average molecular weight is 383 g/mol. The summed E-state index contributed by atoms with van der Waals surface area (Å²) >= 11 is 0. The monoisotopic (exact) mass is 383 g/mol. The van der Waals surface area contributed by atoms with Crippen LogP contribution in [0, 0.1) is 0 Å². The molecule has 28 heavy (non-hydrogen) atoms. The van der Waals surface area contributed by atoms with Crippen LogP contribution in [0.5, 0.6) is 11.5 Å². The number of ether oxygens (including phenoxy) is 2. The smallest absolute Gasteiger partial charge is 0.395 e. The fraction of sp³-hybridized carbons (Fsp3) is 0.0556. The molecule has 2 aromatic heterocycles. The van der Waals surface area contributed by atoms with Crippen molar-refractivity contribution in [3.63, 3.8) is 0 Å². The summed E-state index contributed by atoms with van der Waals surface area (Å²) in [7, 11) is 0. The molecule has 0 bridgehead atoms. The lowest BCUT2D eigenvalue weighted by Crippen LogP contribution is -2.25. The van der Waals surface area contributed by atoms with Gasteiger partial charge in [-0.25, -0.2) is 9.67 Å². The van der Waals surface area contributed by atoms with Crippen LogP contribution >= 0.6 is 0 Å². The van der Waals surface area contributed by atoms with Gasteiger partial charge in [0.1, 0.15) is 0 Å². The van der Waals surface area contributed by atoms with Crippen molar-refractivity contribution in [3.8, 4) is 17.2 Å². The fourth-order valence-electron chi connectivity index (χ4n) is 2.88. The Labute approximate surface area is 155 Å². The largest absolute Gasteiger partial charge is 0.586 e. The van der Waals surface area contributed by atoms with Crippen LogP contribution in [0.1, 0.15) is 10.4 Å². The van der Waals surface area contributed by atoms with E-state index in [1.807, 2.05) is 0 Å². The van der Waals surface area contributed by atoms with Crippen molar-refractivity contribution in [2.45, 2.75) is 6.29 Å². The maximum absolute atomic E-state index is 13.1. The molecule has 140 valence electrons. The van der Waals surface area contributed by atoms with Crippen LogP contribution in [0.2, 0.25) is 0 Å². The topological polar surface area (TPSA) is 94.1 Å². The minimum Gasteiger partial charge on any atom is -0.395 e. The zero-order valence-corrected chi connectivity index (χ0v) is 14.0. The number of aromatic amines is 1. The lowest BCUT2D eigenvalue weighted by atomic mass is 10.2. The molecule has 1 amide bonds. The molecule has 3 heterocycles. The molecule has 0 saturated heterocycles. The Hall–Kier alpha value is -3.95. The molecule has 5 rings (SSSR count). The molecular weight excluding hydrogens is 372 g/mol. The quantitative estimate of drug-likeness (QED) is 0.566. The van der Waals surface area contributed by atoms with E-state index in [9.17, 15) is 13.6 Å². The van der Waals surface area contributed by atoms with E-state index < -0.39 is 6.29 Å². The van der Waals surface area contributed by atoms with E-state index in [4.69, 9.17) is 0 Å². The van der Waals surface area contributed by atoms with Gasteiger partial charge in [-0.3, -0.25) is 10.1 Å². The van der Waals surface area contributed by atoms with E-state index in [2.05, 4.69) is 29.9 Å². The zero-order chi connectivity index (χ0) is 19.3. The number of benzene rings is 2. The number of H-pyrrole nitrogens is 1. The summed E-state index contributed by atoms with van der Waals surface area (Å²) in [6, 6.07) is 11.3. The van der Waals surface area contributed by atoms with Crippen molar-refractivity contribution in [3.05, 3.63) is 60.4 Å². The summed E-state index contributed by atoms with van der Waals surface area (Å²) in [5, 5.41) is 6.76. The second-order valence-electron chi connectivity index (χ2n) is 6.02. The summed E-state index contributed by atoms with van der Waals surface area (Å²) in [6.07, 6.45) is -0.236. The van der Waals surface area contributed by atoms with Gasteiger partial charge in [-0.05, 0) is 30.3 Å². The van der Waals surface area contributed by atoms with Crippen molar-refractivity contribution in [2.24, 2.45) is 0 Å². The Kier molecular flexibility index (Phi) is 3.35. The molecule has 0 unspecified atom stereocenters. The number of carbonyl (C=O) groups is 1. The van der Waals surface area contributed by atoms with Crippen molar-refractivity contribution in [1.82, 2.24) is 19.7 Å². The molecule has 4 aromatic rings. The van der Waals surface area contributed by atoms with Gasteiger partial charge in [-0.2, -0.15) is 5.10 Å². The maximum Gasteiger partial charge on any atom is 0.586 e. The third-order valence-corrected chi connectivity index (χ3v) is 4.14. The number of alkyl halides is 2. The number of imidazole rings is 1. The molecule has 0 fully saturated rings. The highest BCUT2D eigenvalue weighted by molar-refractivity contribution is 6.04. The summed E-state index contributed by atoms with van der Waals surface area (Å²) in [5.41, 5.74) is 2.01. The van der Waals surface area contributed by atoms with E-state index in [0.29, 0.717) is 16.6 Å². The number of nitrogens with one attached hydrogen (secondary N) is 2. The molecule has 0 radical (unpaired) electrons. The van der Waals surface area contributed by atoms with Gasteiger partial charge in [-0.1, -0.05) is 0 Å². The first kappa shape index (κ1) is 16.2. The van der Waals surface area contributed by atoms with Gasteiger partial charge in [-0.15, -0.1) is 8.78 Å². The van der Waals surface area contributed by atoms with Crippen molar-refractivity contribution in [2.75, 3.05) is 5.32 Å². The Morgan fingerprint density at radius 1 is 1.14 bits per heavy atom. The van der Waals surface area contributed by atoms with Crippen LogP contribution < -0.4 is 14.8 Å². The molecular formula is C18H11F2N5O3. The number of halogens is 2. The fourth-order valence-corrected chi connectivity index (χ4v) is 2.88. The van der Waals surface area contributed by atoms with Gasteiger partial charge in [0.05, 0.1) is 16.7 Å². The lowest BCUT2D eigenvalue weighted by molar-refractivity contribution is -0.286. The molecule has 0 saturated carbocycles. The predicted octanol–water partition coefficient (Wildman–Crippen LogP) is 3.32. The molecule has 8 nitrogen and oxygen atoms in total. The Bertz CT molecular complexity index is 1140. The first-order valence-corrected chi connectivity index (χ1v) is 8.18. The Balaban J connectivity index is 1.36. The third-order valence-electron chi connectivity index (χ3n) is 4.14. The molecule has 0 atom stereocenters. The van der Waals surface area contributed by atoms with Crippen LogP contribution in [0.15, 0.2) is 54.9 Å². The van der Waals surface area contributed by atoms with Crippen molar-refractivity contribution < 1.29 is 23.0 Å². The maximum atomic E-state index is 13.1. The molecule has 1 aliphatic rings. The van der Waals surface area contributed by atoms with E-state index >= 15 is 0 Å². The lowest BCUT2D eigenvalue weighted by Gasteiger charge is -2.04. The highest BCUT2D eigenvalue weighted by Crippen LogP contribution is 2.42. The van der Waals surface area contributed by atoms with E-state index in [-0.39, 0.29) is 23.4 Å². The number of hydrogen-bond donors (Lipinski definition) is 2. The highest BCUT2D eigenvalue weighted by Gasteiger charge is 2.43. The van der Waals surface area contributed by atoms with Gasteiger partial charge in [0.15, 0.2) is 11.5 Å². The molecule has 2 aromatic carbocycles. The van der Waals surface area contributed by atoms with Crippen LogP contribution in [-0.2, 0) is 0 Å². The Morgan fingerprint density at radius 2 is 1.89 bits per heavy atom. The summed E-state index contributed by atoms with van der Waals surface area (Å²) in [5.74, 6) is -0.423. The normalized spacial score (nSPS) is 14.4. The minimum atomic E-state index is -3.69. The first-order valence-electron chi connectivity index (χ1n) is 8.18. The van der Waals surface area contributed by atoms with Gasteiger partial charge in [0, 0.05) is 30.1 Å². The first-order chi connectivity index (χ1) is 13.5. The third kappa shape index (κ3) is 2.80. The average Bonchev–Trinajstić information content (AvgIpc) is 3.36. The zero-order valence-electron chi connectivity index (χ0n) is 14.0. The number of nitrogens with zero attached hydrogens (tertiary/aromatic N) is 3. The van der Waals surface area contributed by atoms with E-state index in [1.54, 1.807) is 47.4 Å². The van der Waals surface area contributed by atoms with Gasteiger partial charge >= 0.3 is 6.29 Å². The highest BCUT2D eigenvalue weighted by atomic mass is 19.3. The Morgan fingerprint density at radius 3 is 2.61 bits per heavy atom. The van der Waals surface area contributed by atoms with Gasteiger partial charge < -0.3 is 14.5 Å². The van der Waals surface area contributed by atoms with E-state index in [0.717, 1.165) is 5.69 Å². The molecule has 0 spiro atoms. The van der Waals surface area contributed by atoms with Crippen molar-refractivity contribution >= 4 is 22.9 Å². The molecule has 2 N–H and O–H groups in total. The molecule has 1 aliphatic heterocycles. The van der Waals surface area contributed by atoms with Crippen molar-refractivity contribution in [1.29, 1.82) is 0 Å². The number of amides is 1. The number of anilines is 1. The van der Waals surface area contributed by atoms with Gasteiger partial charge in [0.25, 0.3) is 5.91 Å². The predicted molar refractivity (Wildman–Crippen MR) is 93.8 cm³/mol. The number of carbonyl (C=O) groups excluding carboxylic acids is 1. The summed E-state index contributed by atoms with van der Waals surface area (Å²) < 4.78 is 36.7. The van der Waals surface area contributed by atoms with E-state index in [1.165, 1.54) is 12.1 Å². The molecule has 10 heteroatoms. The second-order valence-corrected chi connectivity index (χ2v) is 6.02. The summed E-state index contributed by atoms with van der Waals surface area (Å²) in [6.45, 7) is 0. The number of hydrogen-bond acceptors (Lipinski definition) is 5. The van der Waals surface area contributed by atoms with Crippen LogP contribution in [0.3, 0.4) is 0 Å². The number of fused-ring (bicyclic) bond motifs is 2. The van der Waals surface area contributed by atoms with Crippen LogP contribution in [0.25, 0.3) is 16.7 Å². The SMILES string of the molecule is O=C(Nc1nc2cc3c(cc2[nH]1)OC(F)(F)O3)c1ccc(-n2cccn2)cc1. The number of aromatic nitrogens is 4. The van der Waals surface area contributed by atoms with Crippen LogP contribution in [-0.4, -0.2) is 32.0 Å². The van der Waals surface area contributed by atoms with Gasteiger partial charge in [0.2, 0.25) is 5.95 Å². The molecule has 0 aliphatic carbocycles.